The molecule has 0 bridgehead atoms. The van der Waals surface area contributed by atoms with E-state index in [-0.39, 0.29) is 24.6 Å². The van der Waals surface area contributed by atoms with Crippen molar-refractivity contribution < 1.29 is 17.9 Å². The number of nitrogens with zero attached hydrogens (tertiary/aromatic N) is 1. The average Bonchev–Trinajstić information content (AvgIpc) is 2.92. The van der Waals surface area contributed by atoms with E-state index in [1.54, 1.807) is 7.11 Å². The van der Waals surface area contributed by atoms with Gasteiger partial charge in [0.2, 0.25) is 5.91 Å². The lowest BCUT2D eigenvalue weighted by atomic mass is 10.1. The summed E-state index contributed by atoms with van der Waals surface area (Å²) in [6.07, 6.45) is 1.18. The van der Waals surface area contributed by atoms with Crippen LogP contribution >= 0.6 is 23.7 Å². The first kappa shape index (κ1) is 22.4. The highest BCUT2D eigenvalue weighted by molar-refractivity contribution is 7.90. The van der Waals surface area contributed by atoms with E-state index in [9.17, 15) is 13.2 Å². The lowest BCUT2D eigenvalue weighted by molar-refractivity contribution is -0.117. The molecule has 7 nitrogen and oxygen atoms in total. The smallest absolute Gasteiger partial charge is 0.243 e. The molecule has 0 saturated carbocycles. The summed E-state index contributed by atoms with van der Waals surface area (Å²) in [5.74, 6) is 0.177. The van der Waals surface area contributed by atoms with Gasteiger partial charge in [-0.25, -0.2) is 13.4 Å². The normalized spacial score (nSPS) is 12.2. The monoisotopic (exact) mass is 419 g/mol. The van der Waals surface area contributed by atoms with E-state index in [1.165, 1.54) is 11.3 Å². The van der Waals surface area contributed by atoms with Crippen LogP contribution in [0.4, 0.5) is 5.13 Å². The molecule has 2 aromatic rings. The van der Waals surface area contributed by atoms with Crippen molar-refractivity contribution in [3.8, 4) is 17.0 Å². The fourth-order valence-electron chi connectivity index (χ4n) is 2.14. The number of rotatable bonds is 7. The Kier molecular flexibility index (Phi) is 8.01. The molecule has 2 rings (SSSR count). The molecule has 3 N–H and O–H groups in total. The van der Waals surface area contributed by atoms with Gasteiger partial charge >= 0.3 is 0 Å². The third-order valence-electron chi connectivity index (χ3n) is 3.53. The van der Waals surface area contributed by atoms with Crippen molar-refractivity contribution in [3.05, 3.63) is 29.1 Å². The number of thiazole rings is 1. The SMILES string of the molecule is COc1ccc(-c2nc(NC(=O)C(N)CCS(C)(=O)=O)sc2C)cc1.Cl. The molecule has 1 heterocycles. The van der Waals surface area contributed by atoms with Crippen LogP contribution in [0.1, 0.15) is 11.3 Å². The van der Waals surface area contributed by atoms with Crippen molar-refractivity contribution in [2.24, 2.45) is 5.73 Å². The molecule has 1 aromatic carbocycles. The molecular weight excluding hydrogens is 398 g/mol. The van der Waals surface area contributed by atoms with Crippen LogP contribution in [0.3, 0.4) is 0 Å². The van der Waals surface area contributed by atoms with Crippen LogP contribution in [-0.4, -0.2) is 44.5 Å². The molecule has 10 heteroatoms. The summed E-state index contributed by atoms with van der Waals surface area (Å²) in [7, 11) is -1.55. The number of hydrogen-bond donors (Lipinski definition) is 2. The van der Waals surface area contributed by atoms with Crippen molar-refractivity contribution in [1.82, 2.24) is 4.98 Å². The highest BCUT2D eigenvalue weighted by Gasteiger charge is 2.18. The fourth-order valence-corrected chi connectivity index (χ4v) is 3.66. The van der Waals surface area contributed by atoms with Crippen LogP contribution in [0.5, 0.6) is 5.75 Å². The minimum atomic E-state index is -3.15. The van der Waals surface area contributed by atoms with Gasteiger partial charge in [-0.3, -0.25) is 4.79 Å². The van der Waals surface area contributed by atoms with Crippen LogP contribution in [0.25, 0.3) is 11.3 Å². The molecule has 0 aliphatic rings. The van der Waals surface area contributed by atoms with Crippen LogP contribution in [0.15, 0.2) is 24.3 Å². The molecule has 1 unspecified atom stereocenters. The summed E-state index contributed by atoms with van der Waals surface area (Å²) >= 11 is 1.34. The minimum Gasteiger partial charge on any atom is -0.497 e. The van der Waals surface area contributed by atoms with Crippen LogP contribution in [-0.2, 0) is 14.6 Å². The quantitative estimate of drug-likeness (QED) is 0.711. The zero-order valence-corrected chi connectivity index (χ0v) is 17.1. The molecule has 0 aliphatic carbocycles. The van der Waals surface area contributed by atoms with Gasteiger partial charge in [-0.05, 0) is 37.6 Å². The average molecular weight is 420 g/mol. The van der Waals surface area contributed by atoms with Gasteiger partial charge in [0.1, 0.15) is 15.6 Å². The Morgan fingerprint density at radius 1 is 1.35 bits per heavy atom. The fraction of sp³-hybridized carbons (Fsp3) is 0.375. The van der Waals surface area contributed by atoms with Gasteiger partial charge in [0.25, 0.3) is 0 Å². The van der Waals surface area contributed by atoms with E-state index in [4.69, 9.17) is 10.5 Å². The highest BCUT2D eigenvalue weighted by atomic mass is 35.5. The van der Waals surface area contributed by atoms with Gasteiger partial charge in [0, 0.05) is 16.7 Å². The summed E-state index contributed by atoms with van der Waals surface area (Å²) in [6.45, 7) is 1.91. The molecule has 0 aliphatic heterocycles. The van der Waals surface area contributed by atoms with Gasteiger partial charge in [0.15, 0.2) is 5.13 Å². The predicted molar refractivity (Wildman–Crippen MR) is 107 cm³/mol. The number of sulfone groups is 1. The first-order chi connectivity index (χ1) is 11.7. The lowest BCUT2D eigenvalue weighted by Crippen LogP contribution is -2.37. The number of aryl methyl sites for hydroxylation is 1. The largest absolute Gasteiger partial charge is 0.497 e. The number of methoxy groups -OCH3 is 1. The first-order valence-corrected chi connectivity index (χ1v) is 10.4. The number of carbonyl (C=O) groups excluding carboxylic acids is 1. The second-order valence-electron chi connectivity index (χ2n) is 5.67. The molecule has 0 saturated heterocycles. The van der Waals surface area contributed by atoms with Crippen molar-refractivity contribution in [2.75, 3.05) is 24.4 Å². The minimum absolute atomic E-state index is 0. The number of carbonyl (C=O) groups is 1. The van der Waals surface area contributed by atoms with E-state index in [1.807, 2.05) is 31.2 Å². The number of amides is 1. The summed E-state index contributed by atoms with van der Waals surface area (Å²) < 4.78 is 27.5. The third-order valence-corrected chi connectivity index (χ3v) is 5.39. The van der Waals surface area contributed by atoms with Crippen molar-refractivity contribution in [3.63, 3.8) is 0 Å². The zero-order valence-electron chi connectivity index (χ0n) is 14.7. The lowest BCUT2D eigenvalue weighted by Gasteiger charge is -2.09. The van der Waals surface area contributed by atoms with E-state index in [0.717, 1.165) is 28.1 Å². The standard InChI is InChI=1S/C16H21N3O4S2.ClH/c1-10-14(11-4-6-12(23-2)7-5-11)18-16(24-10)19-15(20)13(17)8-9-25(3,21)22;/h4-7,13H,8-9,17H2,1-3H3,(H,18,19,20);1H. The number of nitrogens with one attached hydrogen (secondary N) is 1. The Balaban J connectivity index is 0.00000338. The number of ether oxygens (including phenoxy) is 1. The zero-order chi connectivity index (χ0) is 18.6. The molecule has 1 atom stereocenters. The van der Waals surface area contributed by atoms with Crippen LogP contribution in [0, 0.1) is 6.92 Å². The van der Waals surface area contributed by atoms with E-state index in [2.05, 4.69) is 10.3 Å². The van der Waals surface area contributed by atoms with Crippen LogP contribution < -0.4 is 15.8 Å². The van der Waals surface area contributed by atoms with E-state index >= 15 is 0 Å². The van der Waals surface area contributed by atoms with Gasteiger partial charge in [0.05, 0.1) is 24.6 Å². The summed E-state index contributed by atoms with van der Waals surface area (Å²) in [6, 6.07) is 6.57. The van der Waals surface area contributed by atoms with E-state index in [0.29, 0.717) is 5.13 Å². The van der Waals surface area contributed by atoms with Crippen LogP contribution in [0.2, 0.25) is 0 Å². The number of halogens is 1. The second-order valence-corrected chi connectivity index (χ2v) is 9.13. The Hall–Kier alpha value is -1.68. The summed E-state index contributed by atoms with van der Waals surface area (Å²) in [4.78, 5) is 17.5. The first-order valence-electron chi connectivity index (χ1n) is 7.55. The second kappa shape index (κ2) is 9.31. The van der Waals surface area contributed by atoms with Gasteiger partial charge in [-0.2, -0.15) is 0 Å². The van der Waals surface area contributed by atoms with Gasteiger partial charge in [-0.15, -0.1) is 23.7 Å². The summed E-state index contributed by atoms with van der Waals surface area (Å²) in [5.41, 5.74) is 7.43. The van der Waals surface area contributed by atoms with Crippen molar-refractivity contribution in [1.29, 1.82) is 0 Å². The van der Waals surface area contributed by atoms with Crippen molar-refractivity contribution in [2.45, 2.75) is 19.4 Å². The molecular formula is C16H22ClN3O4S2. The van der Waals surface area contributed by atoms with Crippen molar-refractivity contribution >= 4 is 44.6 Å². The molecule has 0 spiro atoms. The maximum absolute atomic E-state index is 12.1. The number of aromatic nitrogens is 1. The maximum Gasteiger partial charge on any atom is 0.243 e. The topological polar surface area (TPSA) is 111 Å². The molecule has 26 heavy (non-hydrogen) atoms. The summed E-state index contributed by atoms with van der Waals surface area (Å²) in [5, 5.41) is 3.09. The molecule has 144 valence electrons. The molecule has 0 radical (unpaired) electrons. The predicted octanol–water partition coefficient (Wildman–Crippen LogP) is 2.25. The number of anilines is 1. The highest BCUT2D eigenvalue weighted by Crippen LogP contribution is 2.31. The van der Waals surface area contributed by atoms with Gasteiger partial charge in [-0.1, -0.05) is 0 Å². The number of benzene rings is 1. The number of nitrogens with two attached hydrogens (primary N) is 1. The Bertz CT molecular complexity index is 851. The molecule has 0 fully saturated rings. The van der Waals surface area contributed by atoms with Gasteiger partial charge < -0.3 is 15.8 Å². The Morgan fingerprint density at radius 2 is 1.96 bits per heavy atom. The van der Waals surface area contributed by atoms with E-state index < -0.39 is 21.8 Å². The Labute approximate surface area is 163 Å². The number of hydrogen-bond acceptors (Lipinski definition) is 7. The third kappa shape index (κ3) is 6.24. The Morgan fingerprint density at radius 3 is 2.50 bits per heavy atom. The maximum atomic E-state index is 12.1. The molecule has 1 aromatic heterocycles. The molecule has 1 amide bonds.